The van der Waals surface area contributed by atoms with Crippen LogP contribution in [0.2, 0.25) is 0 Å². The van der Waals surface area contributed by atoms with E-state index < -0.39 is 0 Å². The number of aromatic hydroxyl groups is 1. The van der Waals surface area contributed by atoms with Crippen molar-refractivity contribution in [3.8, 4) is 28.7 Å². The third-order valence-corrected chi connectivity index (χ3v) is 3.20. The third kappa shape index (κ3) is 3.09. The molecular weight excluding hydrogens is 284 g/mol. The number of phenols is 1. The summed E-state index contributed by atoms with van der Waals surface area (Å²) in [7, 11) is 1.52. The van der Waals surface area contributed by atoms with E-state index in [0.717, 1.165) is 17.1 Å². The largest absolute Gasteiger partial charge is 0.504 e. The van der Waals surface area contributed by atoms with Gasteiger partial charge in [0, 0.05) is 6.07 Å². The normalized spacial score (nSPS) is 12.6. The van der Waals surface area contributed by atoms with Gasteiger partial charge in [-0.3, -0.25) is 0 Å². The molecule has 114 valence electrons. The molecule has 3 rings (SSSR count). The van der Waals surface area contributed by atoms with E-state index in [9.17, 15) is 5.11 Å². The Balaban J connectivity index is 1.58. The second kappa shape index (κ2) is 6.30. The molecule has 22 heavy (non-hydrogen) atoms. The average Bonchev–Trinajstić information content (AvgIpc) is 3.00. The van der Waals surface area contributed by atoms with Gasteiger partial charge in [-0.25, -0.2) is 0 Å². The Labute approximate surface area is 128 Å². The molecule has 1 aliphatic rings. The SMILES string of the molecule is COc1cc(C=CCOc2ccc3c(c2)OCO3)ccc1O. The first-order chi connectivity index (χ1) is 10.8. The molecule has 2 aromatic carbocycles. The summed E-state index contributed by atoms with van der Waals surface area (Å²) in [5.41, 5.74) is 0.920. The Morgan fingerprint density at radius 2 is 2.00 bits per heavy atom. The van der Waals surface area contributed by atoms with E-state index in [0.29, 0.717) is 18.1 Å². The van der Waals surface area contributed by atoms with Crippen molar-refractivity contribution < 1.29 is 24.1 Å². The number of hydrogen-bond acceptors (Lipinski definition) is 5. The predicted octanol–water partition coefficient (Wildman–Crippen LogP) is 3.22. The molecule has 1 heterocycles. The first-order valence-electron chi connectivity index (χ1n) is 6.82. The lowest BCUT2D eigenvalue weighted by Gasteiger charge is -2.05. The lowest BCUT2D eigenvalue weighted by atomic mass is 10.2. The van der Waals surface area contributed by atoms with E-state index in [1.54, 1.807) is 24.3 Å². The van der Waals surface area contributed by atoms with Crippen molar-refractivity contribution in [2.24, 2.45) is 0 Å². The van der Waals surface area contributed by atoms with Gasteiger partial charge in [0.2, 0.25) is 6.79 Å². The highest BCUT2D eigenvalue weighted by Gasteiger charge is 2.13. The second-order valence-electron chi connectivity index (χ2n) is 4.66. The smallest absolute Gasteiger partial charge is 0.231 e. The van der Waals surface area contributed by atoms with Crippen molar-refractivity contribution in [3.63, 3.8) is 0 Å². The molecule has 0 aromatic heterocycles. The molecule has 0 bridgehead atoms. The van der Waals surface area contributed by atoms with Crippen LogP contribution in [0.5, 0.6) is 28.7 Å². The van der Waals surface area contributed by atoms with Gasteiger partial charge in [-0.2, -0.15) is 0 Å². The molecule has 0 fully saturated rings. The molecule has 5 heteroatoms. The molecular formula is C17H16O5. The number of benzene rings is 2. The highest BCUT2D eigenvalue weighted by molar-refractivity contribution is 5.55. The van der Waals surface area contributed by atoms with Gasteiger partial charge in [0.1, 0.15) is 12.4 Å². The van der Waals surface area contributed by atoms with E-state index in [1.807, 2.05) is 24.3 Å². The van der Waals surface area contributed by atoms with Crippen LogP contribution in [0.1, 0.15) is 5.56 Å². The maximum atomic E-state index is 9.54. The lowest BCUT2D eigenvalue weighted by molar-refractivity contribution is 0.174. The van der Waals surface area contributed by atoms with Crippen LogP contribution < -0.4 is 18.9 Å². The van der Waals surface area contributed by atoms with Gasteiger partial charge in [0.25, 0.3) is 0 Å². The average molecular weight is 300 g/mol. The summed E-state index contributed by atoms with van der Waals surface area (Å²) in [4.78, 5) is 0. The quantitative estimate of drug-likeness (QED) is 0.918. The topological polar surface area (TPSA) is 57.2 Å². The van der Waals surface area contributed by atoms with Crippen molar-refractivity contribution in [1.82, 2.24) is 0 Å². The van der Waals surface area contributed by atoms with E-state index in [-0.39, 0.29) is 12.5 Å². The Kier molecular flexibility index (Phi) is 4.05. The van der Waals surface area contributed by atoms with Gasteiger partial charge in [0.05, 0.1) is 7.11 Å². The van der Waals surface area contributed by atoms with Crippen molar-refractivity contribution in [1.29, 1.82) is 0 Å². The van der Waals surface area contributed by atoms with Crippen LogP contribution in [0.4, 0.5) is 0 Å². The molecule has 0 amide bonds. The summed E-state index contributed by atoms with van der Waals surface area (Å²) >= 11 is 0. The van der Waals surface area contributed by atoms with Gasteiger partial charge >= 0.3 is 0 Å². The zero-order valence-corrected chi connectivity index (χ0v) is 12.1. The van der Waals surface area contributed by atoms with Crippen molar-refractivity contribution >= 4 is 6.08 Å². The van der Waals surface area contributed by atoms with Crippen molar-refractivity contribution in [2.75, 3.05) is 20.5 Å². The van der Waals surface area contributed by atoms with Crippen LogP contribution in [0, 0.1) is 0 Å². The van der Waals surface area contributed by atoms with E-state index in [2.05, 4.69) is 0 Å². The highest BCUT2D eigenvalue weighted by Crippen LogP contribution is 2.35. The van der Waals surface area contributed by atoms with Crippen LogP contribution >= 0.6 is 0 Å². The van der Waals surface area contributed by atoms with Crippen molar-refractivity contribution in [3.05, 3.63) is 48.0 Å². The predicted molar refractivity (Wildman–Crippen MR) is 81.8 cm³/mol. The molecule has 0 unspecified atom stereocenters. The first kappa shape index (κ1) is 14.1. The highest BCUT2D eigenvalue weighted by atomic mass is 16.7. The summed E-state index contributed by atoms with van der Waals surface area (Å²) in [5.74, 6) is 2.72. The molecule has 0 spiro atoms. The van der Waals surface area contributed by atoms with Gasteiger partial charge in [0.15, 0.2) is 23.0 Å². The third-order valence-electron chi connectivity index (χ3n) is 3.20. The summed E-state index contributed by atoms with van der Waals surface area (Å²) in [6, 6.07) is 10.6. The molecule has 0 saturated heterocycles. The summed E-state index contributed by atoms with van der Waals surface area (Å²) in [6.07, 6.45) is 3.78. The van der Waals surface area contributed by atoms with E-state index >= 15 is 0 Å². The molecule has 5 nitrogen and oxygen atoms in total. The molecule has 0 aliphatic carbocycles. The minimum atomic E-state index is 0.122. The summed E-state index contributed by atoms with van der Waals surface area (Å²) < 4.78 is 21.2. The summed E-state index contributed by atoms with van der Waals surface area (Å²) in [6.45, 7) is 0.671. The molecule has 1 N–H and O–H groups in total. The first-order valence-corrected chi connectivity index (χ1v) is 6.82. The van der Waals surface area contributed by atoms with Gasteiger partial charge in [-0.05, 0) is 35.9 Å². The molecule has 1 aliphatic heterocycles. The Bertz CT molecular complexity index is 693. The van der Waals surface area contributed by atoms with Crippen LogP contribution in [0.25, 0.3) is 6.08 Å². The van der Waals surface area contributed by atoms with Crippen LogP contribution in [-0.2, 0) is 0 Å². The van der Waals surface area contributed by atoms with Crippen molar-refractivity contribution in [2.45, 2.75) is 0 Å². The number of fused-ring (bicyclic) bond motifs is 1. The Morgan fingerprint density at radius 1 is 1.14 bits per heavy atom. The maximum absolute atomic E-state index is 9.54. The van der Waals surface area contributed by atoms with E-state index in [4.69, 9.17) is 18.9 Å². The molecule has 0 radical (unpaired) electrons. The minimum absolute atomic E-state index is 0.122. The number of rotatable bonds is 5. The number of ether oxygens (including phenoxy) is 4. The fraction of sp³-hybridized carbons (Fsp3) is 0.176. The monoisotopic (exact) mass is 300 g/mol. The standard InChI is InChI=1S/C17H16O5/c1-19-16-9-12(4-6-14(16)18)3-2-8-20-13-5-7-15-17(10-13)22-11-21-15/h2-7,9-10,18H,8,11H2,1H3. The van der Waals surface area contributed by atoms with Crippen LogP contribution in [-0.4, -0.2) is 25.6 Å². The maximum Gasteiger partial charge on any atom is 0.231 e. The molecule has 0 atom stereocenters. The fourth-order valence-electron chi connectivity index (χ4n) is 2.09. The lowest BCUT2D eigenvalue weighted by Crippen LogP contribution is -1.93. The second-order valence-corrected chi connectivity index (χ2v) is 4.66. The number of hydrogen-bond donors (Lipinski definition) is 1. The molecule has 0 saturated carbocycles. The number of phenolic OH excluding ortho intramolecular Hbond substituents is 1. The summed E-state index contributed by atoms with van der Waals surface area (Å²) in [5, 5.41) is 9.54. The zero-order chi connectivity index (χ0) is 15.4. The van der Waals surface area contributed by atoms with Gasteiger partial charge in [-0.1, -0.05) is 12.1 Å². The fourth-order valence-corrected chi connectivity index (χ4v) is 2.09. The number of methoxy groups -OCH3 is 1. The van der Waals surface area contributed by atoms with E-state index in [1.165, 1.54) is 7.11 Å². The van der Waals surface area contributed by atoms with Gasteiger partial charge in [-0.15, -0.1) is 0 Å². The Morgan fingerprint density at radius 3 is 2.86 bits per heavy atom. The minimum Gasteiger partial charge on any atom is -0.504 e. The van der Waals surface area contributed by atoms with Gasteiger partial charge < -0.3 is 24.1 Å². The zero-order valence-electron chi connectivity index (χ0n) is 12.1. The van der Waals surface area contributed by atoms with Crippen LogP contribution in [0.3, 0.4) is 0 Å². The van der Waals surface area contributed by atoms with Crippen LogP contribution in [0.15, 0.2) is 42.5 Å². The molecule has 2 aromatic rings. The Hall–Kier alpha value is -2.82.